The van der Waals surface area contributed by atoms with Crippen LogP contribution in [0.3, 0.4) is 0 Å². The zero-order valence-corrected chi connectivity index (χ0v) is 12.8. The van der Waals surface area contributed by atoms with Crippen molar-refractivity contribution in [3.05, 3.63) is 59.4 Å². The highest BCUT2D eigenvalue weighted by atomic mass is 35.5. The topological polar surface area (TPSA) is 32.6 Å². The lowest BCUT2D eigenvalue weighted by atomic mass is 10.2. The van der Waals surface area contributed by atoms with Crippen LogP contribution < -0.4 is 10.2 Å². The number of nitrogens with one attached hydrogen (secondary N) is 1. The van der Waals surface area contributed by atoms with Gasteiger partial charge in [0.2, 0.25) is 0 Å². The Labute approximate surface area is 129 Å². The number of halogens is 1. The van der Waals surface area contributed by atoms with Crippen molar-refractivity contribution in [3.63, 3.8) is 0 Å². The predicted molar refractivity (Wildman–Crippen MR) is 88.3 cm³/mol. The number of anilines is 2. The van der Waals surface area contributed by atoms with Crippen molar-refractivity contribution in [2.24, 2.45) is 0 Å². The van der Waals surface area contributed by atoms with E-state index in [1.165, 1.54) is 0 Å². The first-order valence-electron chi connectivity index (χ1n) is 6.77. The number of hydrogen-bond acceptors (Lipinski definition) is 3. The standard InChI is InChI=1S/C16H17ClN4/c1-20(2)16-7-6-13(17)9-14(16)18-10-12-11-19-21-8-4-3-5-15(12)21/h3-9,11,18H,10H2,1-2H3. The van der Waals surface area contributed by atoms with E-state index in [1.54, 1.807) is 0 Å². The Morgan fingerprint density at radius 2 is 2.10 bits per heavy atom. The molecular weight excluding hydrogens is 284 g/mol. The summed E-state index contributed by atoms with van der Waals surface area (Å²) in [5.41, 5.74) is 4.39. The Bertz CT molecular complexity index is 764. The lowest BCUT2D eigenvalue weighted by Crippen LogP contribution is -2.12. The van der Waals surface area contributed by atoms with E-state index >= 15 is 0 Å². The highest BCUT2D eigenvalue weighted by Gasteiger charge is 2.07. The molecule has 0 aliphatic heterocycles. The minimum absolute atomic E-state index is 0.703. The molecular formula is C16H17ClN4. The average molecular weight is 301 g/mol. The summed E-state index contributed by atoms with van der Waals surface area (Å²) in [5.74, 6) is 0. The molecule has 3 aromatic rings. The molecule has 0 radical (unpaired) electrons. The van der Waals surface area contributed by atoms with Crippen LogP contribution in [0.25, 0.3) is 5.52 Å². The minimum Gasteiger partial charge on any atom is -0.379 e. The fraction of sp³-hybridized carbons (Fsp3) is 0.188. The van der Waals surface area contributed by atoms with Crippen LogP contribution in [0.4, 0.5) is 11.4 Å². The first-order valence-corrected chi connectivity index (χ1v) is 7.15. The van der Waals surface area contributed by atoms with E-state index in [2.05, 4.69) is 21.4 Å². The number of benzene rings is 1. The van der Waals surface area contributed by atoms with E-state index in [0.717, 1.165) is 27.5 Å². The van der Waals surface area contributed by atoms with Gasteiger partial charge in [0.1, 0.15) is 0 Å². The molecule has 0 unspecified atom stereocenters. The molecule has 0 aliphatic carbocycles. The Kier molecular flexibility index (Phi) is 3.71. The quantitative estimate of drug-likeness (QED) is 0.798. The number of pyridine rings is 1. The van der Waals surface area contributed by atoms with Crippen LogP contribution >= 0.6 is 11.6 Å². The normalized spacial score (nSPS) is 10.8. The Morgan fingerprint density at radius 1 is 1.24 bits per heavy atom. The summed E-state index contributed by atoms with van der Waals surface area (Å²) in [6.45, 7) is 0.703. The third-order valence-electron chi connectivity index (χ3n) is 3.42. The highest BCUT2D eigenvalue weighted by molar-refractivity contribution is 6.31. The largest absolute Gasteiger partial charge is 0.379 e. The van der Waals surface area contributed by atoms with Crippen molar-refractivity contribution in [1.29, 1.82) is 0 Å². The second-order valence-corrected chi connectivity index (χ2v) is 5.55. The van der Waals surface area contributed by atoms with Gasteiger partial charge in [-0.3, -0.25) is 0 Å². The molecule has 4 nitrogen and oxygen atoms in total. The van der Waals surface area contributed by atoms with Crippen molar-refractivity contribution in [2.75, 3.05) is 24.3 Å². The summed E-state index contributed by atoms with van der Waals surface area (Å²) in [4.78, 5) is 2.06. The summed E-state index contributed by atoms with van der Waals surface area (Å²) in [6, 6.07) is 11.9. The molecule has 0 spiro atoms. The van der Waals surface area contributed by atoms with E-state index in [9.17, 15) is 0 Å². The van der Waals surface area contributed by atoms with Crippen molar-refractivity contribution < 1.29 is 0 Å². The summed E-state index contributed by atoms with van der Waals surface area (Å²) in [5, 5.41) is 8.52. The van der Waals surface area contributed by atoms with Gasteiger partial charge in [-0.15, -0.1) is 0 Å². The third kappa shape index (κ3) is 2.81. The van der Waals surface area contributed by atoms with Crippen LogP contribution in [0.15, 0.2) is 48.8 Å². The zero-order chi connectivity index (χ0) is 14.8. The van der Waals surface area contributed by atoms with Crippen molar-refractivity contribution in [3.8, 4) is 0 Å². The fourth-order valence-corrected chi connectivity index (χ4v) is 2.53. The molecule has 0 saturated heterocycles. The number of rotatable bonds is 4. The SMILES string of the molecule is CN(C)c1ccc(Cl)cc1NCc1cnn2ccccc12. The van der Waals surface area contributed by atoms with Gasteiger partial charge in [0.05, 0.1) is 23.1 Å². The van der Waals surface area contributed by atoms with Crippen LogP contribution in [-0.4, -0.2) is 23.7 Å². The molecule has 1 aromatic carbocycles. The molecule has 5 heteroatoms. The van der Waals surface area contributed by atoms with Crippen LogP contribution in [-0.2, 0) is 6.54 Å². The molecule has 21 heavy (non-hydrogen) atoms. The summed E-state index contributed by atoms with van der Waals surface area (Å²) >= 11 is 6.10. The van der Waals surface area contributed by atoms with Gasteiger partial charge in [0.15, 0.2) is 0 Å². The molecule has 2 heterocycles. The molecule has 3 rings (SSSR count). The fourth-order valence-electron chi connectivity index (χ4n) is 2.35. The zero-order valence-electron chi connectivity index (χ0n) is 12.0. The molecule has 2 aromatic heterocycles. The molecule has 0 bridgehead atoms. The monoisotopic (exact) mass is 300 g/mol. The summed E-state index contributed by atoms with van der Waals surface area (Å²) < 4.78 is 1.88. The van der Waals surface area contributed by atoms with E-state index in [0.29, 0.717) is 6.54 Å². The summed E-state index contributed by atoms with van der Waals surface area (Å²) in [7, 11) is 4.04. The van der Waals surface area contributed by atoms with E-state index in [-0.39, 0.29) is 0 Å². The van der Waals surface area contributed by atoms with E-state index in [4.69, 9.17) is 11.6 Å². The maximum Gasteiger partial charge on any atom is 0.0711 e. The smallest absolute Gasteiger partial charge is 0.0711 e. The predicted octanol–water partition coefficient (Wildman–Crippen LogP) is 3.67. The molecule has 0 fully saturated rings. The van der Waals surface area contributed by atoms with Gasteiger partial charge in [-0.05, 0) is 30.3 Å². The molecule has 1 N–H and O–H groups in total. The lowest BCUT2D eigenvalue weighted by Gasteiger charge is -2.18. The second-order valence-electron chi connectivity index (χ2n) is 5.11. The van der Waals surface area contributed by atoms with Gasteiger partial charge in [0, 0.05) is 37.4 Å². The van der Waals surface area contributed by atoms with Crippen LogP contribution in [0, 0.1) is 0 Å². The maximum absolute atomic E-state index is 6.10. The van der Waals surface area contributed by atoms with Gasteiger partial charge >= 0.3 is 0 Å². The number of aromatic nitrogens is 2. The van der Waals surface area contributed by atoms with Crippen LogP contribution in [0.2, 0.25) is 5.02 Å². The van der Waals surface area contributed by atoms with Crippen molar-refractivity contribution in [2.45, 2.75) is 6.54 Å². The molecule has 0 aliphatic rings. The Hall–Kier alpha value is -2.20. The molecule has 0 atom stereocenters. The number of hydrogen-bond donors (Lipinski definition) is 1. The van der Waals surface area contributed by atoms with E-state index in [1.807, 2.05) is 61.3 Å². The molecule has 108 valence electrons. The van der Waals surface area contributed by atoms with Crippen LogP contribution in [0.1, 0.15) is 5.56 Å². The van der Waals surface area contributed by atoms with Gasteiger partial charge < -0.3 is 10.2 Å². The minimum atomic E-state index is 0.703. The third-order valence-corrected chi connectivity index (χ3v) is 3.65. The van der Waals surface area contributed by atoms with Gasteiger partial charge in [-0.25, -0.2) is 4.52 Å². The van der Waals surface area contributed by atoms with Gasteiger partial charge in [0.25, 0.3) is 0 Å². The first-order chi connectivity index (χ1) is 10.1. The van der Waals surface area contributed by atoms with Crippen molar-refractivity contribution in [1.82, 2.24) is 9.61 Å². The average Bonchev–Trinajstić information content (AvgIpc) is 2.88. The number of nitrogens with zero attached hydrogens (tertiary/aromatic N) is 3. The second kappa shape index (κ2) is 5.66. The first kappa shape index (κ1) is 13.8. The van der Waals surface area contributed by atoms with E-state index < -0.39 is 0 Å². The molecule has 0 amide bonds. The Morgan fingerprint density at radius 3 is 2.90 bits per heavy atom. The maximum atomic E-state index is 6.10. The van der Waals surface area contributed by atoms with Gasteiger partial charge in [-0.2, -0.15) is 5.10 Å². The lowest BCUT2D eigenvalue weighted by molar-refractivity contribution is 0.961. The highest BCUT2D eigenvalue weighted by Crippen LogP contribution is 2.28. The number of fused-ring (bicyclic) bond motifs is 1. The Balaban J connectivity index is 1.86. The van der Waals surface area contributed by atoms with Gasteiger partial charge in [-0.1, -0.05) is 17.7 Å². The van der Waals surface area contributed by atoms with Crippen LogP contribution in [0.5, 0.6) is 0 Å². The van der Waals surface area contributed by atoms with Crippen molar-refractivity contribution >= 4 is 28.5 Å². The summed E-state index contributed by atoms with van der Waals surface area (Å²) in [6.07, 6.45) is 3.84. The molecule has 0 saturated carbocycles.